The third kappa shape index (κ3) is 3.59. The lowest BCUT2D eigenvalue weighted by Gasteiger charge is -2.16. The maximum absolute atomic E-state index is 12.5. The molecule has 2 amide bonds. The summed E-state index contributed by atoms with van der Waals surface area (Å²) in [6.45, 7) is 0.989. The highest BCUT2D eigenvalue weighted by atomic mass is 16.2. The summed E-state index contributed by atoms with van der Waals surface area (Å²) in [5, 5.41) is 11.7. The van der Waals surface area contributed by atoms with Crippen molar-refractivity contribution in [3.05, 3.63) is 24.4 Å². The molecule has 0 unspecified atom stereocenters. The first kappa shape index (κ1) is 16.1. The van der Waals surface area contributed by atoms with E-state index in [1.807, 2.05) is 0 Å². The predicted octanol–water partition coefficient (Wildman–Crippen LogP) is 0.987. The summed E-state index contributed by atoms with van der Waals surface area (Å²) in [7, 11) is 0. The van der Waals surface area contributed by atoms with Gasteiger partial charge in [-0.15, -0.1) is 0 Å². The van der Waals surface area contributed by atoms with Gasteiger partial charge in [0.1, 0.15) is 5.82 Å². The second kappa shape index (κ2) is 6.79. The second-order valence-electron chi connectivity index (χ2n) is 6.31. The molecule has 7 heteroatoms. The summed E-state index contributed by atoms with van der Waals surface area (Å²) in [5.41, 5.74) is 0. The molecule has 0 radical (unpaired) electrons. The Morgan fingerprint density at radius 3 is 2.83 bits per heavy atom. The van der Waals surface area contributed by atoms with E-state index >= 15 is 0 Å². The van der Waals surface area contributed by atoms with Crippen molar-refractivity contribution < 1.29 is 14.4 Å². The Kier molecular flexibility index (Phi) is 4.56. The van der Waals surface area contributed by atoms with Crippen LogP contribution in [0.2, 0.25) is 0 Å². The monoisotopic (exact) mass is 326 g/mol. The zero-order valence-corrected chi connectivity index (χ0v) is 13.1. The molecule has 1 aliphatic carbocycles. The quantitative estimate of drug-likeness (QED) is 0.785. The van der Waals surface area contributed by atoms with E-state index in [0.717, 1.165) is 12.8 Å². The second-order valence-corrected chi connectivity index (χ2v) is 6.31. The van der Waals surface area contributed by atoms with E-state index in [1.54, 1.807) is 29.2 Å². The number of carbonyl (C=O) groups is 3. The molecule has 3 rings (SSSR count). The van der Waals surface area contributed by atoms with E-state index in [1.165, 1.54) is 6.20 Å². The molecule has 7 nitrogen and oxygen atoms in total. The Bertz CT molecular complexity index is 694. The molecule has 24 heavy (non-hydrogen) atoms. The smallest absolute Gasteiger partial charge is 0.250 e. The van der Waals surface area contributed by atoms with Gasteiger partial charge in [-0.25, -0.2) is 4.98 Å². The van der Waals surface area contributed by atoms with Crippen LogP contribution in [0.1, 0.15) is 19.3 Å². The maximum Gasteiger partial charge on any atom is 0.250 e. The van der Waals surface area contributed by atoms with Crippen molar-refractivity contribution >= 4 is 23.4 Å². The minimum Gasteiger partial charge on any atom is -0.342 e. The molecule has 1 aromatic rings. The zero-order valence-electron chi connectivity index (χ0n) is 13.1. The molecule has 1 saturated carbocycles. The fourth-order valence-corrected chi connectivity index (χ4v) is 2.87. The van der Waals surface area contributed by atoms with Gasteiger partial charge >= 0.3 is 0 Å². The minimum absolute atomic E-state index is 0.0675. The molecule has 0 bridgehead atoms. The molecular weight excluding hydrogens is 308 g/mol. The first-order chi connectivity index (χ1) is 11.6. The van der Waals surface area contributed by atoms with Gasteiger partial charge in [0.05, 0.1) is 6.07 Å². The standard InChI is InChI=1S/C17H18N4O3/c18-8-13(17(24)20-14-3-1-2-6-19-14)16(23)12-7-15(22)21(10-12)9-11-4-5-11/h1-3,6,11-13H,4-5,7,9-10H2,(H,19,20,24)/t12-,13+/m1/s1. The molecule has 124 valence electrons. The molecular formula is C17H18N4O3. The number of aromatic nitrogens is 1. The average molecular weight is 326 g/mol. The number of nitrogens with zero attached hydrogens (tertiary/aromatic N) is 3. The van der Waals surface area contributed by atoms with Crippen LogP contribution in [0.5, 0.6) is 0 Å². The number of anilines is 1. The Labute approximate surface area is 139 Å². The summed E-state index contributed by atoms with van der Waals surface area (Å²) < 4.78 is 0. The van der Waals surface area contributed by atoms with Gasteiger partial charge in [-0.05, 0) is 30.9 Å². The van der Waals surface area contributed by atoms with E-state index in [0.29, 0.717) is 19.0 Å². The van der Waals surface area contributed by atoms with Crippen LogP contribution >= 0.6 is 0 Å². The number of amides is 2. The van der Waals surface area contributed by atoms with Gasteiger partial charge in [-0.1, -0.05) is 6.07 Å². The summed E-state index contributed by atoms with van der Waals surface area (Å²) >= 11 is 0. The van der Waals surface area contributed by atoms with Gasteiger partial charge in [0.15, 0.2) is 11.7 Å². The van der Waals surface area contributed by atoms with Crippen LogP contribution in [0.4, 0.5) is 5.82 Å². The Morgan fingerprint density at radius 2 is 2.21 bits per heavy atom. The van der Waals surface area contributed by atoms with Crippen molar-refractivity contribution in [1.82, 2.24) is 9.88 Å². The van der Waals surface area contributed by atoms with E-state index in [2.05, 4.69) is 10.3 Å². The van der Waals surface area contributed by atoms with Crippen LogP contribution in [0.25, 0.3) is 0 Å². The van der Waals surface area contributed by atoms with E-state index in [-0.39, 0.29) is 18.1 Å². The highest BCUT2D eigenvalue weighted by molar-refractivity contribution is 6.10. The number of carbonyl (C=O) groups excluding carboxylic acids is 3. The lowest BCUT2D eigenvalue weighted by atomic mass is 9.92. The Balaban J connectivity index is 1.62. The maximum atomic E-state index is 12.5. The topological polar surface area (TPSA) is 103 Å². The number of hydrogen-bond donors (Lipinski definition) is 1. The van der Waals surface area contributed by atoms with Crippen molar-refractivity contribution in [2.75, 3.05) is 18.4 Å². The van der Waals surface area contributed by atoms with Crippen LogP contribution in [-0.4, -0.2) is 40.6 Å². The lowest BCUT2D eigenvalue weighted by Crippen LogP contribution is -2.34. The number of Topliss-reactive ketones (excluding diaryl/α,β-unsaturated/α-hetero) is 1. The lowest BCUT2D eigenvalue weighted by molar-refractivity contribution is -0.132. The molecule has 1 saturated heterocycles. The molecule has 2 atom stereocenters. The number of nitrogens with one attached hydrogen (secondary N) is 1. The van der Waals surface area contributed by atoms with Gasteiger partial charge in [-0.3, -0.25) is 14.4 Å². The van der Waals surface area contributed by atoms with Crippen molar-refractivity contribution in [2.24, 2.45) is 17.8 Å². The molecule has 2 heterocycles. The number of ketones is 1. The minimum atomic E-state index is -1.43. The summed E-state index contributed by atoms with van der Waals surface area (Å²) in [6.07, 6.45) is 3.83. The highest BCUT2D eigenvalue weighted by Gasteiger charge is 2.41. The third-order valence-electron chi connectivity index (χ3n) is 4.38. The van der Waals surface area contributed by atoms with Crippen molar-refractivity contribution in [3.63, 3.8) is 0 Å². The molecule has 2 aliphatic rings. The van der Waals surface area contributed by atoms with Gasteiger partial charge in [0, 0.05) is 31.6 Å². The van der Waals surface area contributed by atoms with E-state index in [9.17, 15) is 19.6 Å². The fraction of sp³-hybridized carbons (Fsp3) is 0.471. The van der Waals surface area contributed by atoms with Crippen molar-refractivity contribution in [1.29, 1.82) is 5.26 Å². The molecule has 1 aliphatic heterocycles. The Hall–Kier alpha value is -2.75. The van der Waals surface area contributed by atoms with E-state index < -0.39 is 23.5 Å². The van der Waals surface area contributed by atoms with Gasteiger partial charge in [0.2, 0.25) is 5.91 Å². The number of likely N-dealkylation sites (tertiary alicyclic amines) is 1. The molecule has 2 fully saturated rings. The van der Waals surface area contributed by atoms with Crippen LogP contribution in [0.3, 0.4) is 0 Å². The molecule has 0 spiro atoms. The van der Waals surface area contributed by atoms with Crippen LogP contribution in [-0.2, 0) is 14.4 Å². The van der Waals surface area contributed by atoms with Crippen LogP contribution in [0.15, 0.2) is 24.4 Å². The summed E-state index contributed by atoms with van der Waals surface area (Å²) in [4.78, 5) is 42.3. The highest BCUT2D eigenvalue weighted by Crippen LogP contribution is 2.32. The third-order valence-corrected chi connectivity index (χ3v) is 4.38. The normalized spacial score (nSPS) is 21.2. The molecule has 1 N–H and O–H groups in total. The predicted molar refractivity (Wildman–Crippen MR) is 84.4 cm³/mol. The number of nitriles is 1. The summed E-state index contributed by atoms with van der Waals surface area (Å²) in [5.74, 6) is -2.44. The Morgan fingerprint density at radius 1 is 1.42 bits per heavy atom. The molecule has 0 aromatic carbocycles. The summed E-state index contributed by atoms with van der Waals surface area (Å²) in [6, 6.07) is 6.73. The zero-order chi connectivity index (χ0) is 17.1. The SMILES string of the molecule is N#C[C@H](C(=O)Nc1ccccn1)C(=O)[C@@H]1CC(=O)N(CC2CC2)C1. The average Bonchev–Trinajstić information content (AvgIpc) is 3.31. The number of hydrogen-bond acceptors (Lipinski definition) is 5. The number of pyridine rings is 1. The van der Waals surface area contributed by atoms with Crippen molar-refractivity contribution in [3.8, 4) is 6.07 Å². The largest absolute Gasteiger partial charge is 0.342 e. The van der Waals surface area contributed by atoms with Gasteiger partial charge in [0.25, 0.3) is 5.91 Å². The van der Waals surface area contributed by atoms with Gasteiger partial charge in [-0.2, -0.15) is 5.26 Å². The van der Waals surface area contributed by atoms with Crippen LogP contribution in [0, 0.1) is 29.1 Å². The van der Waals surface area contributed by atoms with Crippen LogP contribution < -0.4 is 5.32 Å². The van der Waals surface area contributed by atoms with Crippen molar-refractivity contribution in [2.45, 2.75) is 19.3 Å². The number of rotatable bonds is 6. The first-order valence-electron chi connectivity index (χ1n) is 8.01. The van der Waals surface area contributed by atoms with Gasteiger partial charge < -0.3 is 10.2 Å². The molecule has 1 aromatic heterocycles. The first-order valence-corrected chi connectivity index (χ1v) is 8.01. The van der Waals surface area contributed by atoms with E-state index in [4.69, 9.17) is 0 Å². The fourth-order valence-electron chi connectivity index (χ4n) is 2.87.